The van der Waals surface area contributed by atoms with Crippen LogP contribution < -0.4 is 0 Å². The van der Waals surface area contributed by atoms with Crippen molar-refractivity contribution in [2.45, 2.75) is 26.7 Å². The molecule has 0 aromatic heterocycles. The van der Waals surface area contributed by atoms with Gasteiger partial charge in [-0.2, -0.15) is 0 Å². The maximum absolute atomic E-state index is 10.9. The molecule has 0 atom stereocenters. The first kappa shape index (κ1) is 15.6. The van der Waals surface area contributed by atoms with Gasteiger partial charge in [0.05, 0.1) is 13.2 Å². The van der Waals surface area contributed by atoms with E-state index in [0.717, 1.165) is 6.42 Å². The van der Waals surface area contributed by atoms with Crippen LogP contribution in [-0.4, -0.2) is 38.4 Å². The fourth-order valence-electron chi connectivity index (χ4n) is 0.909. The van der Waals surface area contributed by atoms with Crippen molar-refractivity contribution in [2.75, 3.05) is 26.4 Å². The third-order valence-corrected chi connectivity index (χ3v) is 1.75. The highest BCUT2D eigenvalue weighted by atomic mass is 16.6. The van der Waals surface area contributed by atoms with Crippen molar-refractivity contribution < 1.29 is 23.8 Å². The van der Waals surface area contributed by atoms with Crippen LogP contribution in [0, 0.1) is 0 Å². The molecule has 0 aliphatic heterocycles. The minimum atomic E-state index is -0.428. The Morgan fingerprint density at radius 1 is 1.06 bits per heavy atom. The summed E-state index contributed by atoms with van der Waals surface area (Å²) in [5, 5.41) is 0. The Balaban J connectivity index is 3.27. The Morgan fingerprint density at radius 2 is 1.65 bits per heavy atom. The molecule has 98 valence electrons. The molecule has 0 saturated heterocycles. The second-order valence-corrected chi connectivity index (χ2v) is 3.50. The molecule has 0 unspecified atom stereocenters. The lowest BCUT2D eigenvalue weighted by Crippen LogP contribution is -2.14. The zero-order valence-electron chi connectivity index (χ0n) is 10.5. The second-order valence-electron chi connectivity index (χ2n) is 3.50. The Kier molecular flexibility index (Phi) is 9.05. The van der Waals surface area contributed by atoms with E-state index >= 15 is 0 Å². The van der Waals surface area contributed by atoms with Crippen LogP contribution in [0.3, 0.4) is 0 Å². The van der Waals surface area contributed by atoms with Gasteiger partial charge in [0.25, 0.3) is 0 Å². The van der Waals surface area contributed by atoms with Crippen LogP contribution in [0.15, 0.2) is 12.2 Å². The van der Waals surface area contributed by atoms with Gasteiger partial charge in [-0.25, -0.2) is 4.79 Å². The zero-order chi connectivity index (χ0) is 13.1. The number of esters is 2. The summed E-state index contributed by atoms with van der Waals surface area (Å²) in [6.07, 6.45) is 1.20. The van der Waals surface area contributed by atoms with Gasteiger partial charge >= 0.3 is 11.9 Å². The van der Waals surface area contributed by atoms with Crippen LogP contribution in [0.25, 0.3) is 0 Å². The first-order chi connectivity index (χ1) is 8.07. The SMILES string of the molecule is C=C(C)C(=O)OCCOCCOC(=O)CCC. The lowest BCUT2D eigenvalue weighted by Gasteiger charge is -2.06. The van der Waals surface area contributed by atoms with E-state index in [9.17, 15) is 9.59 Å². The van der Waals surface area contributed by atoms with Gasteiger partial charge in [0.1, 0.15) is 13.2 Å². The molecule has 5 nitrogen and oxygen atoms in total. The minimum absolute atomic E-state index is 0.175. The zero-order valence-corrected chi connectivity index (χ0v) is 10.5. The van der Waals surface area contributed by atoms with E-state index in [1.807, 2.05) is 6.92 Å². The first-order valence-electron chi connectivity index (χ1n) is 5.64. The molecule has 0 heterocycles. The van der Waals surface area contributed by atoms with Crippen LogP contribution in [0.1, 0.15) is 26.7 Å². The summed E-state index contributed by atoms with van der Waals surface area (Å²) in [6, 6.07) is 0. The summed E-state index contributed by atoms with van der Waals surface area (Å²) < 4.78 is 14.8. The lowest BCUT2D eigenvalue weighted by atomic mass is 10.3. The van der Waals surface area contributed by atoms with Gasteiger partial charge in [-0.15, -0.1) is 0 Å². The largest absolute Gasteiger partial charge is 0.463 e. The van der Waals surface area contributed by atoms with E-state index in [4.69, 9.17) is 14.2 Å². The van der Waals surface area contributed by atoms with Crippen molar-refractivity contribution in [3.63, 3.8) is 0 Å². The minimum Gasteiger partial charge on any atom is -0.463 e. The lowest BCUT2D eigenvalue weighted by molar-refractivity contribution is -0.145. The quantitative estimate of drug-likeness (QED) is 0.349. The third kappa shape index (κ3) is 9.56. The average molecular weight is 244 g/mol. The third-order valence-electron chi connectivity index (χ3n) is 1.75. The highest BCUT2D eigenvalue weighted by molar-refractivity contribution is 5.86. The molecule has 17 heavy (non-hydrogen) atoms. The highest BCUT2D eigenvalue weighted by Gasteiger charge is 2.02. The van der Waals surface area contributed by atoms with Crippen LogP contribution in [0.2, 0.25) is 0 Å². The fraction of sp³-hybridized carbons (Fsp3) is 0.667. The van der Waals surface area contributed by atoms with Crippen molar-refractivity contribution in [1.82, 2.24) is 0 Å². The van der Waals surface area contributed by atoms with Crippen molar-refractivity contribution in [3.05, 3.63) is 12.2 Å². The number of ether oxygens (including phenoxy) is 3. The molecular weight excluding hydrogens is 224 g/mol. The monoisotopic (exact) mass is 244 g/mol. The summed E-state index contributed by atoms with van der Waals surface area (Å²) >= 11 is 0. The van der Waals surface area contributed by atoms with Crippen molar-refractivity contribution in [2.24, 2.45) is 0 Å². The van der Waals surface area contributed by atoms with E-state index in [1.54, 1.807) is 6.92 Å². The predicted molar refractivity (Wildman–Crippen MR) is 62.5 cm³/mol. The molecular formula is C12H20O5. The van der Waals surface area contributed by atoms with Crippen molar-refractivity contribution in [3.8, 4) is 0 Å². The molecule has 0 rings (SSSR count). The van der Waals surface area contributed by atoms with Gasteiger partial charge < -0.3 is 14.2 Å². The number of carbonyl (C=O) groups excluding carboxylic acids is 2. The molecule has 0 fully saturated rings. The van der Waals surface area contributed by atoms with Gasteiger partial charge in [0, 0.05) is 12.0 Å². The van der Waals surface area contributed by atoms with Gasteiger partial charge in [-0.1, -0.05) is 13.5 Å². The van der Waals surface area contributed by atoms with E-state index in [2.05, 4.69) is 6.58 Å². The first-order valence-corrected chi connectivity index (χ1v) is 5.64. The summed E-state index contributed by atoms with van der Waals surface area (Å²) in [5.41, 5.74) is 0.360. The predicted octanol–water partition coefficient (Wildman–Crippen LogP) is 1.47. The normalized spacial score (nSPS) is 9.76. The summed E-state index contributed by atoms with van der Waals surface area (Å²) in [7, 11) is 0. The van der Waals surface area contributed by atoms with E-state index in [1.165, 1.54) is 0 Å². The van der Waals surface area contributed by atoms with E-state index in [-0.39, 0.29) is 25.8 Å². The highest BCUT2D eigenvalue weighted by Crippen LogP contribution is 1.93. The molecule has 0 spiro atoms. The topological polar surface area (TPSA) is 61.8 Å². The van der Waals surface area contributed by atoms with E-state index < -0.39 is 5.97 Å². The Hall–Kier alpha value is -1.36. The smallest absolute Gasteiger partial charge is 0.333 e. The molecule has 0 bridgehead atoms. The van der Waals surface area contributed by atoms with Gasteiger partial charge in [0.2, 0.25) is 0 Å². The van der Waals surface area contributed by atoms with Crippen molar-refractivity contribution >= 4 is 11.9 Å². The molecule has 0 saturated carbocycles. The second kappa shape index (κ2) is 9.84. The van der Waals surface area contributed by atoms with Crippen LogP contribution in [0.4, 0.5) is 0 Å². The van der Waals surface area contributed by atoms with Gasteiger partial charge in [-0.05, 0) is 13.3 Å². The van der Waals surface area contributed by atoms with Gasteiger partial charge in [-0.3, -0.25) is 4.79 Å². The Morgan fingerprint density at radius 3 is 2.18 bits per heavy atom. The molecule has 5 heteroatoms. The maximum Gasteiger partial charge on any atom is 0.333 e. The summed E-state index contributed by atoms with van der Waals surface area (Å²) in [5.74, 6) is -0.646. The molecule has 0 aliphatic rings. The molecule has 0 N–H and O–H groups in total. The number of hydrogen-bond acceptors (Lipinski definition) is 5. The number of carbonyl (C=O) groups is 2. The van der Waals surface area contributed by atoms with Crippen molar-refractivity contribution in [1.29, 1.82) is 0 Å². The van der Waals surface area contributed by atoms with Crippen LogP contribution >= 0.6 is 0 Å². The van der Waals surface area contributed by atoms with E-state index in [0.29, 0.717) is 18.6 Å². The van der Waals surface area contributed by atoms with Crippen LogP contribution in [-0.2, 0) is 23.8 Å². The summed E-state index contributed by atoms with van der Waals surface area (Å²) in [6.45, 7) is 7.93. The maximum atomic E-state index is 10.9. The Bertz CT molecular complexity index is 260. The number of hydrogen-bond donors (Lipinski definition) is 0. The molecule has 0 aliphatic carbocycles. The average Bonchev–Trinajstić information content (AvgIpc) is 2.27. The molecule has 0 aromatic rings. The summed E-state index contributed by atoms with van der Waals surface area (Å²) in [4.78, 5) is 21.9. The van der Waals surface area contributed by atoms with Crippen LogP contribution in [0.5, 0.6) is 0 Å². The number of rotatable bonds is 9. The Labute approximate surface area is 102 Å². The van der Waals surface area contributed by atoms with Gasteiger partial charge in [0.15, 0.2) is 0 Å². The fourth-order valence-corrected chi connectivity index (χ4v) is 0.909. The molecule has 0 aromatic carbocycles. The standard InChI is InChI=1S/C12H20O5/c1-4-5-11(13)16-8-6-15-7-9-17-12(14)10(2)3/h2,4-9H2,1,3H3. The molecule has 0 radical (unpaired) electrons. The molecule has 0 amide bonds.